The summed E-state index contributed by atoms with van der Waals surface area (Å²) in [4.78, 5) is 8.82. The standard InChI is InChI=1S/C11H12N2S/c1-3-10-9(5-4-6-12-10)11-7-14-8(2)13-11/h4-7H,3H2,1-2H3. The molecule has 0 N–H and O–H groups in total. The van der Waals surface area contributed by atoms with E-state index in [0.29, 0.717) is 0 Å². The van der Waals surface area contributed by atoms with E-state index >= 15 is 0 Å². The Morgan fingerprint density at radius 1 is 1.43 bits per heavy atom. The maximum Gasteiger partial charge on any atom is 0.0901 e. The van der Waals surface area contributed by atoms with E-state index in [0.717, 1.165) is 22.8 Å². The Morgan fingerprint density at radius 3 is 2.93 bits per heavy atom. The number of hydrogen-bond donors (Lipinski definition) is 0. The Labute approximate surface area is 87.7 Å². The van der Waals surface area contributed by atoms with Gasteiger partial charge in [0, 0.05) is 22.8 Å². The molecule has 0 aliphatic rings. The second kappa shape index (κ2) is 3.88. The van der Waals surface area contributed by atoms with E-state index in [1.54, 1.807) is 11.3 Å². The minimum absolute atomic E-state index is 0.951. The third kappa shape index (κ3) is 1.68. The summed E-state index contributed by atoms with van der Waals surface area (Å²) in [6.45, 7) is 4.14. The molecule has 0 spiro atoms. The molecule has 2 heterocycles. The molecule has 2 rings (SSSR count). The molecule has 0 aliphatic carbocycles. The van der Waals surface area contributed by atoms with Gasteiger partial charge in [-0.1, -0.05) is 6.92 Å². The molecular weight excluding hydrogens is 192 g/mol. The highest BCUT2D eigenvalue weighted by Gasteiger charge is 2.06. The zero-order chi connectivity index (χ0) is 9.97. The van der Waals surface area contributed by atoms with Gasteiger partial charge in [-0.25, -0.2) is 4.98 Å². The average Bonchev–Trinajstić information content (AvgIpc) is 2.65. The van der Waals surface area contributed by atoms with Crippen molar-refractivity contribution in [2.45, 2.75) is 20.3 Å². The van der Waals surface area contributed by atoms with Crippen LogP contribution in [0.2, 0.25) is 0 Å². The summed E-state index contributed by atoms with van der Waals surface area (Å²) < 4.78 is 0. The molecule has 3 heteroatoms. The van der Waals surface area contributed by atoms with Gasteiger partial charge in [0.05, 0.1) is 10.7 Å². The second-order valence-electron chi connectivity index (χ2n) is 3.10. The maximum atomic E-state index is 4.47. The van der Waals surface area contributed by atoms with E-state index in [4.69, 9.17) is 0 Å². The molecule has 2 aromatic heterocycles. The number of hydrogen-bond acceptors (Lipinski definition) is 3. The Hall–Kier alpha value is -1.22. The Kier molecular flexibility index (Phi) is 2.59. The maximum absolute atomic E-state index is 4.47. The lowest BCUT2D eigenvalue weighted by atomic mass is 10.1. The SMILES string of the molecule is CCc1ncccc1-c1csc(C)n1. The van der Waals surface area contributed by atoms with E-state index < -0.39 is 0 Å². The van der Waals surface area contributed by atoms with Crippen LogP contribution in [0.5, 0.6) is 0 Å². The van der Waals surface area contributed by atoms with Crippen molar-refractivity contribution >= 4 is 11.3 Å². The summed E-state index contributed by atoms with van der Waals surface area (Å²) in [5.74, 6) is 0. The number of pyridine rings is 1. The molecule has 0 unspecified atom stereocenters. The van der Waals surface area contributed by atoms with E-state index in [9.17, 15) is 0 Å². The van der Waals surface area contributed by atoms with Crippen LogP contribution >= 0.6 is 11.3 Å². The van der Waals surface area contributed by atoms with Crippen LogP contribution in [-0.2, 0) is 6.42 Å². The summed E-state index contributed by atoms with van der Waals surface area (Å²) in [6.07, 6.45) is 2.79. The molecule has 0 aromatic carbocycles. The minimum atomic E-state index is 0.951. The van der Waals surface area contributed by atoms with Crippen LogP contribution in [0.3, 0.4) is 0 Å². The monoisotopic (exact) mass is 204 g/mol. The molecule has 0 saturated carbocycles. The van der Waals surface area contributed by atoms with Gasteiger partial charge >= 0.3 is 0 Å². The molecule has 2 aromatic rings. The van der Waals surface area contributed by atoms with Crippen molar-refractivity contribution in [3.05, 3.63) is 34.4 Å². The zero-order valence-electron chi connectivity index (χ0n) is 8.32. The smallest absolute Gasteiger partial charge is 0.0901 e. The van der Waals surface area contributed by atoms with Crippen LogP contribution < -0.4 is 0 Å². The lowest BCUT2D eigenvalue weighted by Gasteiger charge is -2.02. The molecule has 0 bridgehead atoms. The van der Waals surface area contributed by atoms with Gasteiger partial charge in [-0.2, -0.15) is 0 Å². The van der Waals surface area contributed by atoms with Crippen LogP contribution in [0.25, 0.3) is 11.3 Å². The first kappa shape index (κ1) is 9.34. The van der Waals surface area contributed by atoms with E-state index in [-0.39, 0.29) is 0 Å². The van der Waals surface area contributed by atoms with Crippen molar-refractivity contribution in [3.63, 3.8) is 0 Å². The fourth-order valence-corrected chi connectivity index (χ4v) is 2.05. The van der Waals surface area contributed by atoms with E-state index in [1.807, 2.05) is 19.2 Å². The predicted octanol–water partition coefficient (Wildman–Crippen LogP) is 3.08. The Morgan fingerprint density at radius 2 is 2.29 bits per heavy atom. The van der Waals surface area contributed by atoms with Crippen LogP contribution in [0, 0.1) is 6.92 Å². The van der Waals surface area contributed by atoms with Crippen molar-refractivity contribution in [2.75, 3.05) is 0 Å². The predicted molar refractivity (Wildman–Crippen MR) is 59.5 cm³/mol. The number of rotatable bonds is 2. The third-order valence-corrected chi connectivity index (χ3v) is 2.89. The van der Waals surface area contributed by atoms with Gasteiger partial charge in [0.25, 0.3) is 0 Å². The number of aryl methyl sites for hydroxylation is 2. The molecule has 0 amide bonds. The van der Waals surface area contributed by atoms with Crippen molar-refractivity contribution in [2.24, 2.45) is 0 Å². The minimum Gasteiger partial charge on any atom is -0.261 e. The zero-order valence-corrected chi connectivity index (χ0v) is 9.14. The molecule has 2 nitrogen and oxygen atoms in total. The van der Waals surface area contributed by atoms with Gasteiger partial charge in [0.2, 0.25) is 0 Å². The average molecular weight is 204 g/mol. The highest BCUT2D eigenvalue weighted by Crippen LogP contribution is 2.23. The van der Waals surface area contributed by atoms with Crippen LogP contribution in [-0.4, -0.2) is 9.97 Å². The third-order valence-electron chi connectivity index (χ3n) is 2.12. The lowest BCUT2D eigenvalue weighted by Crippen LogP contribution is -1.91. The topological polar surface area (TPSA) is 25.8 Å². The highest BCUT2D eigenvalue weighted by atomic mass is 32.1. The normalized spacial score (nSPS) is 10.4. The number of thiazole rings is 1. The van der Waals surface area contributed by atoms with Crippen LogP contribution in [0.4, 0.5) is 0 Å². The molecule has 0 fully saturated rings. The molecule has 0 saturated heterocycles. The van der Waals surface area contributed by atoms with Crippen molar-refractivity contribution in [1.82, 2.24) is 9.97 Å². The largest absolute Gasteiger partial charge is 0.261 e. The van der Waals surface area contributed by atoms with Crippen LogP contribution in [0.15, 0.2) is 23.7 Å². The second-order valence-corrected chi connectivity index (χ2v) is 4.17. The molecule has 72 valence electrons. The highest BCUT2D eigenvalue weighted by molar-refractivity contribution is 7.09. The summed E-state index contributed by atoms with van der Waals surface area (Å²) in [5.41, 5.74) is 3.34. The first-order valence-electron chi connectivity index (χ1n) is 4.67. The summed E-state index contributed by atoms with van der Waals surface area (Å²) in [6, 6.07) is 4.05. The van der Waals surface area contributed by atoms with Gasteiger partial charge < -0.3 is 0 Å². The summed E-state index contributed by atoms with van der Waals surface area (Å²) in [5, 5.41) is 3.19. The van der Waals surface area contributed by atoms with Gasteiger partial charge in [0.15, 0.2) is 0 Å². The van der Waals surface area contributed by atoms with Gasteiger partial charge in [-0.05, 0) is 25.5 Å². The molecule has 14 heavy (non-hydrogen) atoms. The first-order valence-corrected chi connectivity index (χ1v) is 5.55. The fourth-order valence-electron chi connectivity index (χ4n) is 1.44. The van der Waals surface area contributed by atoms with Gasteiger partial charge in [-0.15, -0.1) is 11.3 Å². The van der Waals surface area contributed by atoms with Crippen molar-refractivity contribution in [1.29, 1.82) is 0 Å². The summed E-state index contributed by atoms with van der Waals surface area (Å²) >= 11 is 1.68. The fraction of sp³-hybridized carbons (Fsp3) is 0.273. The van der Waals surface area contributed by atoms with Crippen molar-refractivity contribution < 1.29 is 0 Å². The van der Waals surface area contributed by atoms with E-state index in [1.165, 1.54) is 5.56 Å². The number of nitrogens with zero attached hydrogens (tertiary/aromatic N) is 2. The van der Waals surface area contributed by atoms with E-state index in [2.05, 4.69) is 28.3 Å². The summed E-state index contributed by atoms with van der Waals surface area (Å²) in [7, 11) is 0. The lowest BCUT2D eigenvalue weighted by molar-refractivity contribution is 1.03. The molecule has 0 radical (unpaired) electrons. The molecule has 0 aliphatic heterocycles. The quantitative estimate of drug-likeness (QED) is 0.751. The van der Waals surface area contributed by atoms with Gasteiger partial charge in [-0.3, -0.25) is 4.98 Å². The van der Waals surface area contributed by atoms with Crippen LogP contribution in [0.1, 0.15) is 17.6 Å². The number of aromatic nitrogens is 2. The van der Waals surface area contributed by atoms with Crippen molar-refractivity contribution in [3.8, 4) is 11.3 Å². The Balaban J connectivity index is 2.50. The molecular formula is C11H12N2S. The first-order chi connectivity index (χ1) is 6.81. The molecule has 0 atom stereocenters. The van der Waals surface area contributed by atoms with Gasteiger partial charge in [0.1, 0.15) is 0 Å². The Bertz CT molecular complexity index is 434.